The fraction of sp³-hybridized carbons (Fsp3) is 0.182. The highest BCUT2D eigenvalue weighted by Crippen LogP contribution is 2.23. The molecule has 0 saturated carbocycles. The topological polar surface area (TPSA) is 120 Å². The molecular weight excluding hydrogens is 396 g/mol. The first-order chi connectivity index (χ1) is 15.0. The summed E-state index contributed by atoms with van der Waals surface area (Å²) >= 11 is 0. The van der Waals surface area contributed by atoms with Crippen LogP contribution in [0.25, 0.3) is 11.4 Å². The zero-order valence-corrected chi connectivity index (χ0v) is 17.0. The molecule has 9 heteroatoms. The molecule has 4 rings (SSSR count). The van der Waals surface area contributed by atoms with Gasteiger partial charge in [0.1, 0.15) is 5.82 Å². The minimum atomic E-state index is -0.438. The molecule has 156 valence electrons. The summed E-state index contributed by atoms with van der Waals surface area (Å²) < 4.78 is 5.39. The van der Waals surface area contributed by atoms with Crippen molar-refractivity contribution in [2.45, 2.75) is 26.3 Å². The molecule has 2 aromatic carbocycles. The normalized spacial score (nSPS) is 11.8. The van der Waals surface area contributed by atoms with E-state index in [1.165, 1.54) is 12.1 Å². The minimum absolute atomic E-state index is 0.0202. The van der Waals surface area contributed by atoms with Crippen molar-refractivity contribution in [3.8, 4) is 11.4 Å². The number of rotatable bonds is 7. The van der Waals surface area contributed by atoms with Gasteiger partial charge in [0.2, 0.25) is 5.89 Å². The molecule has 9 nitrogen and oxygen atoms in total. The molecule has 31 heavy (non-hydrogen) atoms. The number of nitrogens with zero attached hydrogens (tertiary/aromatic N) is 5. The van der Waals surface area contributed by atoms with Crippen LogP contribution in [0.3, 0.4) is 0 Å². The van der Waals surface area contributed by atoms with E-state index in [1.54, 1.807) is 12.1 Å². The second-order valence-electron chi connectivity index (χ2n) is 7.10. The summed E-state index contributed by atoms with van der Waals surface area (Å²) in [5.41, 5.74) is 2.56. The molecule has 0 spiro atoms. The number of hydrogen-bond donors (Lipinski definition) is 1. The van der Waals surface area contributed by atoms with Crippen molar-refractivity contribution in [1.29, 1.82) is 0 Å². The smallest absolute Gasteiger partial charge is 0.269 e. The maximum Gasteiger partial charge on any atom is 0.269 e. The lowest BCUT2D eigenvalue weighted by molar-refractivity contribution is -0.384. The van der Waals surface area contributed by atoms with Gasteiger partial charge < -0.3 is 9.84 Å². The van der Waals surface area contributed by atoms with Crippen LogP contribution < -0.4 is 5.32 Å². The fourth-order valence-electron chi connectivity index (χ4n) is 3.08. The van der Waals surface area contributed by atoms with Gasteiger partial charge >= 0.3 is 0 Å². The van der Waals surface area contributed by atoms with E-state index in [9.17, 15) is 10.1 Å². The lowest BCUT2D eigenvalue weighted by atomic mass is 10.1. The van der Waals surface area contributed by atoms with Gasteiger partial charge in [0.25, 0.3) is 5.69 Å². The van der Waals surface area contributed by atoms with Gasteiger partial charge in [0, 0.05) is 29.5 Å². The van der Waals surface area contributed by atoms with Crippen molar-refractivity contribution in [3.05, 3.63) is 93.8 Å². The Labute approximate surface area is 178 Å². The number of hydrogen-bond acceptors (Lipinski definition) is 8. The molecule has 0 aliphatic rings. The van der Waals surface area contributed by atoms with E-state index in [0.717, 1.165) is 11.3 Å². The lowest BCUT2D eigenvalue weighted by Gasteiger charge is -2.12. The fourth-order valence-corrected chi connectivity index (χ4v) is 3.08. The molecule has 0 radical (unpaired) electrons. The van der Waals surface area contributed by atoms with E-state index < -0.39 is 4.92 Å². The minimum Gasteiger partial charge on any atom is -0.360 e. The number of benzene rings is 2. The van der Waals surface area contributed by atoms with Gasteiger partial charge in [0.15, 0.2) is 11.6 Å². The third kappa shape index (κ3) is 4.89. The van der Waals surface area contributed by atoms with E-state index in [2.05, 4.69) is 25.4 Å². The first-order valence-corrected chi connectivity index (χ1v) is 9.71. The maximum atomic E-state index is 10.9. The molecule has 4 aromatic rings. The highest BCUT2D eigenvalue weighted by Gasteiger charge is 2.16. The Kier molecular flexibility index (Phi) is 5.65. The Morgan fingerprint density at radius 1 is 1.06 bits per heavy atom. The summed E-state index contributed by atoms with van der Waals surface area (Å²) in [4.78, 5) is 23.9. The number of aryl methyl sites for hydroxylation is 1. The van der Waals surface area contributed by atoms with Crippen LogP contribution in [0.5, 0.6) is 0 Å². The zero-order valence-electron chi connectivity index (χ0n) is 17.0. The largest absolute Gasteiger partial charge is 0.360 e. The van der Waals surface area contributed by atoms with Gasteiger partial charge in [-0.15, -0.1) is 0 Å². The second kappa shape index (κ2) is 8.70. The monoisotopic (exact) mass is 416 g/mol. The Morgan fingerprint density at radius 2 is 1.81 bits per heavy atom. The summed E-state index contributed by atoms with van der Waals surface area (Å²) in [5.74, 6) is 2.14. The summed E-state index contributed by atoms with van der Waals surface area (Å²) in [6, 6.07) is 17.6. The maximum absolute atomic E-state index is 10.9. The van der Waals surface area contributed by atoms with Crippen molar-refractivity contribution in [2.24, 2.45) is 0 Å². The Bertz CT molecular complexity index is 1190. The second-order valence-corrected chi connectivity index (χ2v) is 7.10. The van der Waals surface area contributed by atoms with Gasteiger partial charge in [-0.3, -0.25) is 10.1 Å². The first-order valence-electron chi connectivity index (χ1n) is 9.71. The Morgan fingerprint density at radius 3 is 2.52 bits per heavy atom. The van der Waals surface area contributed by atoms with Crippen LogP contribution in [0.1, 0.15) is 35.9 Å². The van der Waals surface area contributed by atoms with Crippen LogP contribution in [-0.2, 0) is 6.42 Å². The molecule has 1 unspecified atom stereocenters. The van der Waals surface area contributed by atoms with Crippen molar-refractivity contribution >= 4 is 11.5 Å². The van der Waals surface area contributed by atoms with Gasteiger partial charge in [-0.2, -0.15) is 4.98 Å². The Balaban J connectivity index is 1.49. The van der Waals surface area contributed by atoms with Gasteiger partial charge in [0.05, 0.1) is 17.4 Å². The predicted molar refractivity (Wildman–Crippen MR) is 114 cm³/mol. The summed E-state index contributed by atoms with van der Waals surface area (Å²) in [5, 5.41) is 18.2. The number of anilines is 1. The van der Waals surface area contributed by atoms with Crippen LogP contribution in [-0.4, -0.2) is 25.0 Å². The highest BCUT2D eigenvalue weighted by molar-refractivity contribution is 5.59. The number of nitrogens with one attached hydrogen (secondary N) is 1. The van der Waals surface area contributed by atoms with E-state index in [0.29, 0.717) is 35.3 Å². The summed E-state index contributed by atoms with van der Waals surface area (Å²) in [6.45, 7) is 3.78. The molecule has 0 saturated heterocycles. The number of non-ortho nitro benzene ring substituents is 1. The molecule has 1 atom stereocenters. The molecule has 0 aliphatic carbocycles. The molecule has 0 aliphatic heterocycles. The molecule has 0 bridgehead atoms. The van der Waals surface area contributed by atoms with Crippen molar-refractivity contribution in [1.82, 2.24) is 20.1 Å². The van der Waals surface area contributed by atoms with E-state index in [-0.39, 0.29) is 11.7 Å². The van der Waals surface area contributed by atoms with E-state index >= 15 is 0 Å². The van der Waals surface area contributed by atoms with Crippen LogP contribution in [0.2, 0.25) is 0 Å². The predicted octanol–water partition coefficient (Wildman–Crippen LogP) is 4.51. The van der Waals surface area contributed by atoms with Gasteiger partial charge in [-0.25, -0.2) is 9.97 Å². The Hall–Kier alpha value is -4.14. The van der Waals surface area contributed by atoms with Crippen molar-refractivity contribution < 1.29 is 9.45 Å². The van der Waals surface area contributed by atoms with Crippen LogP contribution in [0.4, 0.5) is 11.5 Å². The van der Waals surface area contributed by atoms with Gasteiger partial charge in [-0.05, 0) is 31.5 Å². The lowest BCUT2D eigenvalue weighted by Crippen LogP contribution is -2.11. The molecule has 1 N–H and O–H groups in total. The van der Waals surface area contributed by atoms with Crippen LogP contribution in [0, 0.1) is 17.0 Å². The van der Waals surface area contributed by atoms with E-state index in [4.69, 9.17) is 4.52 Å². The number of aromatic nitrogens is 4. The quantitative estimate of drug-likeness (QED) is 0.345. The molecule has 0 fully saturated rings. The van der Waals surface area contributed by atoms with Gasteiger partial charge in [-0.1, -0.05) is 35.5 Å². The van der Waals surface area contributed by atoms with Crippen molar-refractivity contribution in [3.63, 3.8) is 0 Å². The van der Waals surface area contributed by atoms with E-state index in [1.807, 2.05) is 50.2 Å². The molecule has 0 amide bonds. The number of nitro groups is 1. The average Bonchev–Trinajstić information content (AvgIpc) is 3.23. The summed E-state index contributed by atoms with van der Waals surface area (Å²) in [6.07, 6.45) is 0.567. The third-order valence-corrected chi connectivity index (χ3v) is 4.62. The number of nitro benzene ring substituents is 1. The van der Waals surface area contributed by atoms with Crippen LogP contribution >= 0.6 is 0 Å². The summed E-state index contributed by atoms with van der Waals surface area (Å²) in [7, 11) is 0. The van der Waals surface area contributed by atoms with Crippen LogP contribution in [0.15, 0.2) is 65.2 Å². The molecule has 2 aromatic heterocycles. The average molecular weight is 416 g/mol. The van der Waals surface area contributed by atoms with Crippen molar-refractivity contribution in [2.75, 3.05) is 5.32 Å². The highest BCUT2D eigenvalue weighted by atomic mass is 16.6. The zero-order chi connectivity index (χ0) is 21.8. The SMILES string of the molecule is Cc1cc(NC(C)c2noc(Cc3ccccc3)n2)nc(-c2ccc([N+](=O)[O-])cc2)n1. The third-order valence-electron chi connectivity index (χ3n) is 4.62. The molecular formula is C22H20N6O3. The first kappa shape index (κ1) is 20.1. The molecule has 2 heterocycles. The standard InChI is InChI=1S/C22H20N6O3/c1-14-12-19(25-22(23-14)17-8-10-18(11-9-17)28(29)30)24-15(2)21-26-20(31-27-21)13-16-6-4-3-5-7-16/h3-12,15H,13H2,1-2H3,(H,23,24,25).